The van der Waals surface area contributed by atoms with Crippen LogP contribution in [0.25, 0.3) is 0 Å². The van der Waals surface area contributed by atoms with Gasteiger partial charge in [0.05, 0.1) is 0 Å². The minimum absolute atomic E-state index is 0.293. The minimum Gasteiger partial charge on any atom is -0.299 e. The molecule has 7 heavy (non-hydrogen) atoms. The average Bonchev–Trinajstić information content (AvgIpc) is 1.69. The molecule has 0 bridgehead atoms. The molecule has 0 amide bonds. The van der Waals surface area contributed by atoms with E-state index in [4.69, 9.17) is 0 Å². The second kappa shape index (κ2) is 2.54. The normalized spacial score (nSPS) is 32.9. The van der Waals surface area contributed by atoms with Gasteiger partial charge in [-0.05, 0) is 25.5 Å². The van der Waals surface area contributed by atoms with Crippen molar-refractivity contribution in [3.05, 3.63) is 0 Å². The molecule has 0 aromatic carbocycles. The summed E-state index contributed by atoms with van der Waals surface area (Å²) in [7, 11) is -0.293. The average molecular weight is 117 g/mol. The highest BCUT2D eigenvalue weighted by atomic mass is 31.1. The van der Waals surface area contributed by atoms with Crippen molar-refractivity contribution in [1.82, 2.24) is 5.09 Å². The van der Waals surface area contributed by atoms with Crippen molar-refractivity contribution < 1.29 is 0 Å². The fourth-order valence-electron chi connectivity index (χ4n) is 0.817. The molecule has 1 nitrogen and oxygen atoms in total. The molecule has 1 heterocycles. The van der Waals surface area contributed by atoms with Gasteiger partial charge in [0.25, 0.3) is 0 Å². The van der Waals surface area contributed by atoms with Crippen molar-refractivity contribution in [2.45, 2.75) is 12.8 Å². The van der Waals surface area contributed by atoms with Crippen LogP contribution in [0.5, 0.6) is 0 Å². The van der Waals surface area contributed by atoms with Crippen LogP contribution in [0, 0.1) is 0 Å². The molecule has 1 fully saturated rings. The van der Waals surface area contributed by atoms with Crippen LogP contribution >= 0.6 is 7.70 Å². The van der Waals surface area contributed by atoms with E-state index in [9.17, 15) is 0 Å². The first-order valence-corrected chi connectivity index (χ1v) is 4.72. The van der Waals surface area contributed by atoms with E-state index < -0.39 is 0 Å². The van der Waals surface area contributed by atoms with Gasteiger partial charge in [0, 0.05) is 0 Å². The third-order valence-corrected chi connectivity index (χ3v) is 2.99. The Labute approximate surface area is 45.6 Å². The van der Waals surface area contributed by atoms with Gasteiger partial charge in [-0.15, -0.1) is 0 Å². The van der Waals surface area contributed by atoms with Crippen molar-refractivity contribution in [2.75, 3.05) is 12.7 Å². The Morgan fingerprint density at radius 3 is 2.57 bits per heavy atom. The third-order valence-electron chi connectivity index (χ3n) is 1.28. The summed E-state index contributed by atoms with van der Waals surface area (Å²) in [6, 6.07) is 0. The van der Waals surface area contributed by atoms with E-state index in [1.165, 1.54) is 25.5 Å². The molecule has 0 aromatic heterocycles. The zero-order valence-corrected chi connectivity index (χ0v) is 5.54. The molecule has 0 aromatic rings. The van der Waals surface area contributed by atoms with Gasteiger partial charge >= 0.3 is 0 Å². The maximum atomic E-state index is 3.99. The Bertz CT molecular complexity index is 72.1. The summed E-state index contributed by atoms with van der Waals surface area (Å²) in [6.07, 6.45) is 8.13. The summed E-state index contributed by atoms with van der Waals surface area (Å²) in [6.45, 7) is 1.22. The molecule has 1 saturated heterocycles. The lowest BCUT2D eigenvalue weighted by atomic mass is 10.3. The standard InChI is InChI=1S/C5H12NP/c1-7-5-3-2-4-6-7/h6-7H,1-5H2. The molecular formula is C5H12NP. The summed E-state index contributed by atoms with van der Waals surface area (Å²) in [4.78, 5) is 0. The fourth-order valence-corrected chi connectivity index (χ4v) is 2.20. The van der Waals surface area contributed by atoms with Gasteiger partial charge in [0.15, 0.2) is 0 Å². The number of nitrogens with one attached hydrogen (secondary N) is 1. The summed E-state index contributed by atoms with van der Waals surface area (Å²) in [5.41, 5.74) is 0. The molecule has 0 aliphatic carbocycles. The first kappa shape index (κ1) is 5.40. The lowest BCUT2D eigenvalue weighted by Gasteiger charge is -2.13. The summed E-state index contributed by atoms with van der Waals surface area (Å²) >= 11 is 0. The van der Waals surface area contributed by atoms with Crippen LogP contribution in [-0.4, -0.2) is 19.0 Å². The van der Waals surface area contributed by atoms with Crippen LogP contribution in [0.1, 0.15) is 12.8 Å². The maximum absolute atomic E-state index is 3.99. The molecule has 42 valence electrons. The third kappa shape index (κ3) is 1.67. The maximum Gasteiger partial charge on any atom is -0.00128 e. The summed E-state index contributed by atoms with van der Waals surface area (Å²) in [5, 5.41) is 3.37. The molecule has 1 rings (SSSR count). The number of rotatable bonds is 0. The second-order valence-corrected chi connectivity index (χ2v) is 4.05. The van der Waals surface area contributed by atoms with E-state index in [1.54, 1.807) is 0 Å². The first-order valence-electron chi connectivity index (χ1n) is 2.81. The Morgan fingerprint density at radius 2 is 2.29 bits per heavy atom. The van der Waals surface area contributed by atoms with E-state index >= 15 is 0 Å². The van der Waals surface area contributed by atoms with E-state index in [2.05, 4.69) is 11.4 Å². The zero-order valence-electron chi connectivity index (χ0n) is 4.54. The molecule has 1 aliphatic heterocycles. The molecule has 1 N–H and O–H groups in total. The number of hydrogen-bond acceptors (Lipinski definition) is 1. The molecule has 0 saturated carbocycles. The van der Waals surface area contributed by atoms with Crippen LogP contribution in [0.3, 0.4) is 0 Å². The monoisotopic (exact) mass is 117 g/mol. The second-order valence-electron chi connectivity index (χ2n) is 1.99. The van der Waals surface area contributed by atoms with E-state index in [0.29, 0.717) is 0 Å². The van der Waals surface area contributed by atoms with Crippen molar-refractivity contribution in [3.8, 4) is 0 Å². The van der Waals surface area contributed by atoms with Crippen LogP contribution < -0.4 is 5.09 Å². The van der Waals surface area contributed by atoms with Gasteiger partial charge in [-0.3, -0.25) is 5.09 Å². The van der Waals surface area contributed by atoms with E-state index in [-0.39, 0.29) is 7.70 Å². The fraction of sp³-hybridized carbons (Fsp3) is 0.800. The largest absolute Gasteiger partial charge is 0.299 e. The van der Waals surface area contributed by atoms with Crippen LogP contribution in [0.4, 0.5) is 0 Å². The van der Waals surface area contributed by atoms with Gasteiger partial charge in [0.1, 0.15) is 0 Å². The quantitative estimate of drug-likeness (QED) is 0.465. The lowest BCUT2D eigenvalue weighted by molar-refractivity contribution is 0.745. The van der Waals surface area contributed by atoms with Crippen molar-refractivity contribution in [1.29, 1.82) is 0 Å². The van der Waals surface area contributed by atoms with Crippen molar-refractivity contribution in [2.24, 2.45) is 0 Å². The van der Waals surface area contributed by atoms with Gasteiger partial charge in [0.2, 0.25) is 0 Å². The van der Waals surface area contributed by atoms with Gasteiger partial charge in [-0.2, -0.15) is 0 Å². The van der Waals surface area contributed by atoms with Crippen LogP contribution in [0.15, 0.2) is 0 Å². The predicted molar refractivity (Wildman–Crippen MR) is 37.5 cm³/mol. The van der Waals surface area contributed by atoms with E-state index in [1.807, 2.05) is 0 Å². The minimum atomic E-state index is -0.293. The van der Waals surface area contributed by atoms with Crippen LogP contribution in [-0.2, 0) is 0 Å². The van der Waals surface area contributed by atoms with Gasteiger partial charge < -0.3 is 0 Å². The Hall–Kier alpha value is 0.260. The summed E-state index contributed by atoms with van der Waals surface area (Å²) in [5.74, 6) is 0. The predicted octanol–water partition coefficient (Wildman–Crippen LogP) is 0.931. The molecule has 2 heteroatoms. The molecule has 1 unspecified atom stereocenters. The summed E-state index contributed by atoms with van der Waals surface area (Å²) < 4.78 is 0. The highest BCUT2D eigenvalue weighted by Crippen LogP contribution is 2.19. The Balaban J connectivity index is 2.25. The molecule has 0 radical (unpaired) electrons. The Kier molecular flexibility index (Phi) is 1.96. The van der Waals surface area contributed by atoms with E-state index in [0.717, 1.165) is 0 Å². The van der Waals surface area contributed by atoms with Crippen molar-refractivity contribution >= 4 is 14.0 Å². The SMILES string of the molecule is C=[PH]1CCCCN1. The first-order chi connectivity index (χ1) is 3.39. The number of hydrogen-bond donors (Lipinski definition) is 1. The van der Waals surface area contributed by atoms with Crippen molar-refractivity contribution in [3.63, 3.8) is 0 Å². The van der Waals surface area contributed by atoms with Gasteiger partial charge in [-0.25, -0.2) is 0 Å². The zero-order chi connectivity index (χ0) is 5.11. The molecule has 0 spiro atoms. The smallest absolute Gasteiger partial charge is 0.00128 e. The van der Waals surface area contributed by atoms with Gasteiger partial charge in [-0.1, -0.05) is 14.0 Å². The lowest BCUT2D eigenvalue weighted by Crippen LogP contribution is -2.12. The Morgan fingerprint density at radius 1 is 1.43 bits per heavy atom. The molecule has 1 atom stereocenters. The molecular weight excluding hydrogens is 105 g/mol. The topological polar surface area (TPSA) is 12.0 Å². The highest BCUT2D eigenvalue weighted by Gasteiger charge is 1.97. The highest BCUT2D eigenvalue weighted by molar-refractivity contribution is 7.53. The van der Waals surface area contributed by atoms with Crippen LogP contribution in [0.2, 0.25) is 0 Å². The molecule has 1 aliphatic rings.